The number of hydrogen-bond acceptors (Lipinski definition) is 4. The molecule has 2 amide bonds. The summed E-state index contributed by atoms with van der Waals surface area (Å²) in [4.78, 5) is 27.9. The third-order valence-electron chi connectivity index (χ3n) is 4.79. The Morgan fingerprint density at radius 1 is 1.14 bits per heavy atom. The van der Waals surface area contributed by atoms with Crippen LogP contribution in [0.15, 0.2) is 54.6 Å². The van der Waals surface area contributed by atoms with Crippen LogP contribution in [-0.4, -0.2) is 42.2 Å². The van der Waals surface area contributed by atoms with Crippen LogP contribution in [-0.2, 0) is 4.79 Å². The number of unbranched alkanes of at least 4 members (excludes halogenated alkanes) is 1. The molecule has 0 spiro atoms. The Hall–Kier alpha value is -2.47. The number of benzene rings is 2. The molecule has 0 aliphatic carbocycles. The van der Waals surface area contributed by atoms with Crippen molar-refractivity contribution in [1.29, 1.82) is 0 Å². The molecule has 0 bridgehead atoms. The Morgan fingerprint density at radius 3 is 2.50 bits per heavy atom. The van der Waals surface area contributed by atoms with E-state index >= 15 is 0 Å². The summed E-state index contributed by atoms with van der Waals surface area (Å²) in [6.07, 6.45) is 1.95. The number of methoxy groups -OCH3 is 1. The molecule has 5 nitrogen and oxygen atoms in total. The van der Waals surface area contributed by atoms with E-state index in [1.165, 1.54) is 0 Å². The lowest BCUT2D eigenvalue weighted by molar-refractivity contribution is -0.124. The van der Waals surface area contributed by atoms with E-state index in [0.29, 0.717) is 23.6 Å². The summed E-state index contributed by atoms with van der Waals surface area (Å²) < 4.78 is 5.19. The first kappa shape index (κ1) is 20.3. The van der Waals surface area contributed by atoms with E-state index < -0.39 is 6.04 Å². The highest BCUT2D eigenvalue weighted by atomic mass is 32.2. The van der Waals surface area contributed by atoms with E-state index in [2.05, 4.69) is 12.2 Å². The molecule has 28 heavy (non-hydrogen) atoms. The normalized spacial score (nSPS) is 18.7. The number of ether oxygens (including phenoxy) is 1. The van der Waals surface area contributed by atoms with E-state index in [1.54, 1.807) is 48.0 Å². The van der Waals surface area contributed by atoms with Gasteiger partial charge in [-0.1, -0.05) is 43.7 Å². The zero-order chi connectivity index (χ0) is 19.9. The van der Waals surface area contributed by atoms with Crippen LogP contribution in [0.2, 0.25) is 0 Å². The van der Waals surface area contributed by atoms with Gasteiger partial charge in [-0.15, -0.1) is 11.8 Å². The fraction of sp³-hybridized carbons (Fsp3) is 0.364. The Balaban J connectivity index is 1.87. The summed E-state index contributed by atoms with van der Waals surface area (Å²) in [5.74, 6) is 1.05. The van der Waals surface area contributed by atoms with Gasteiger partial charge in [-0.3, -0.25) is 9.59 Å². The van der Waals surface area contributed by atoms with Crippen molar-refractivity contribution in [2.24, 2.45) is 0 Å². The fourth-order valence-electron chi connectivity index (χ4n) is 3.22. The highest BCUT2D eigenvalue weighted by Crippen LogP contribution is 2.42. The van der Waals surface area contributed by atoms with Gasteiger partial charge in [0.1, 0.15) is 17.2 Å². The van der Waals surface area contributed by atoms with Gasteiger partial charge in [-0.05, 0) is 36.2 Å². The molecule has 1 N–H and O–H groups in total. The number of carbonyl (C=O) groups excluding carboxylic acids is 2. The number of nitrogens with zero attached hydrogens (tertiary/aromatic N) is 1. The van der Waals surface area contributed by atoms with E-state index in [1.807, 2.05) is 30.3 Å². The van der Waals surface area contributed by atoms with Gasteiger partial charge in [0, 0.05) is 17.9 Å². The van der Waals surface area contributed by atoms with Crippen LogP contribution in [0.25, 0.3) is 0 Å². The lowest BCUT2D eigenvalue weighted by Gasteiger charge is -2.29. The molecule has 0 saturated carbocycles. The molecule has 1 saturated heterocycles. The van der Waals surface area contributed by atoms with Crippen molar-refractivity contribution in [3.8, 4) is 5.75 Å². The van der Waals surface area contributed by atoms with E-state index in [0.717, 1.165) is 18.4 Å². The van der Waals surface area contributed by atoms with Gasteiger partial charge in [-0.25, -0.2) is 0 Å². The molecular weight excluding hydrogens is 372 g/mol. The molecule has 2 atom stereocenters. The largest absolute Gasteiger partial charge is 0.497 e. The first-order chi connectivity index (χ1) is 13.7. The molecule has 1 aliphatic heterocycles. The predicted octanol–water partition coefficient (Wildman–Crippen LogP) is 3.87. The monoisotopic (exact) mass is 398 g/mol. The number of hydrogen-bond donors (Lipinski definition) is 1. The zero-order valence-electron chi connectivity index (χ0n) is 16.3. The minimum Gasteiger partial charge on any atom is -0.497 e. The Labute approximate surface area is 170 Å². The number of rotatable bonds is 7. The lowest BCUT2D eigenvalue weighted by atomic mass is 10.1. The van der Waals surface area contributed by atoms with E-state index in [9.17, 15) is 9.59 Å². The van der Waals surface area contributed by atoms with Crippen molar-refractivity contribution < 1.29 is 14.3 Å². The fourth-order valence-corrected chi connectivity index (χ4v) is 4.65. The molecule has 2 aromatic rings. The average Bonchev–Trinajstić information content (AvgIpc) is 3.19. The minimum atomic E-state index is -0.485. The van der Waals surface area contributed by atoms with Gasteiger partial charge in [0.2, 0.25) is 5.91 Å². The zero-order valence-corrected chi connectivity index (χ0v) is 17.1. The maximum atomic E-state index is 13.4. The third kappa shape index (κ3) is 4.50. The van der Waals surface area contributed by atoms with Crippen molar-refractivity contribution >= 4 is 23.6 Å². The number of thioether (sulfide) groups is 1. The summed E-state index contributed by atoms with van der Waals surface area (Å²) in [5.41, 5.74) is 1.58. The third-order valence-corrected chi connectivity index (χ3v) is 6.11. The second kappa shape index (κ2) is 9.64. The van der Waals surface area contributed by atoms with Crippen LogP contribution in [0.3, 0.4) is 0 Å². The SMILES string of the molecule is CCCCNC(=O)C1CSC(c2ccccc2)N1C(=O)c1ccc(OC)cc1. The molecule has 3 rings (SSSR count). The van der Waals surface area contributed by atoms with Gasteiger partial charge in [0.25, 0.3) is 5.91 Å². The maximum absolute atomic E-state index is 13.4. The Kier molecular flexibility index (Phi) is 6.98. The van der Waals surface area contributed by atoms with Gasteiger partial charge in [-0.2, -0.15) is 0 Å². The Bertz CT molecular complexity index is 795. The quantitative estimate of drug-likeness (QED) is 0.720. The second-order valence-electron chi connectivity index (χ2n) is 6.70. The first-order valence-electron chi connectivity index (χ1n) is 9.56. The van der Waals surface area contributed by atoms with Gasteiger partial charge in [0.15, 0.2) is 0 Å². The highest BCUT2D eigenvalue weighted by Gasteiger charge is 2.42. The summed E-state index contributed by atoms with van der Waals surface area (Å²) >= 11 is 1.63. The molecule has 1 aliphatic rings. The van der Waals surface area contributed by atoms with Crippen LogP contribution in [0.4, 0.5) is 0 Å². The first-order valence-corrected chi connectivity index (χ1v) is 10.6. The minimum absolute atomic E-state index is 0.0822. The number of nitrogens with one attached hydrogen (secondary N) is 1. The summed E-state index contributed by atoms with van der Waals surface area (Å²) in [5, 5.41) is 2.80. The Morgan fingerprint density at radius 2 is 1.86 bits per heavy atom. The van der Waals surface area contributed by atoms with Crippen molar-refractivity contribution in [1.82, 2.24) is 10.2 Å². The highest BCUT2D eigenvalue weighted by molar-refractivity contribution is 7.99. The molecule has 6 heteroatoms. The standard InChI is InChI=1S/C22H26N2O3S/c1-3-4-14-23-20(25)19-15-28-22(17-8-6-5-7-9-17)24(19)21(26)16-10-12-18(27-2)13-11-16/h5-13,19,22H,3-4,14-15H2,1-2H3,(H,23,25). The molecule has 0 radical (unpaired) electrons. The van der Waals surface area contributed by atoms with Gasteiger partial charge < -0.3 is 15.0 Å². The van der Waals surface area contributed by atoms with E-state index in [-0.39, 0.29) is 17.2 Å². The van der Waals surface area contributed by atoms with E-state index in [4.69, 9.17) is 4.74 Å². The smallest absolute Gasteiger partial charge is 0.255 e. The molecule has 1 heterocycles. The summed E-state index contributed by atoms with van der Waals surface area (Å²) in [6.45, 7) is 2.72. The molecular formula is C22H26N2O3S. The van der Waals surface area contributed by atoms with Crippen molar-refractivity contribution in [2.75, 3.05) is 19.4 Å². The van der Waals surface area contributed by atoms with Crippen LogP contribution in [0, 0.1) is 0 Å². The van der Waals surface area contributed by atoms with Crippen molar-refractivity contribution in [3.63, 3.8) is 0 Å². The molecule has 0 aromatic heterocycles. The van der Waals surface area contributed by atoms with Crippen molar-refractivity contribution in [2.45, 2.75) is 31.2 Å². The summed E-state index contributed by atoms with van der Waals surface area (Å²) in [6, 6.07) is 16.4. The lowest BCUT2D eigenvalue weighted by Crippen LogP contribution is -2.48. The maximum Gasteiger partial charge on any atom is 0.255 e. The van der Waals surface area contributed by atoms with Gasteiger partial charge in [0.05, 0.1) is 7.11 Å². The predicted molar refractivity (Wildman–Crippen MR) is 113 cm³/mol. The molecule has 148 valence electrons. The molecule has 1 fully saturated rings. The molecule has 2 unspecified atom stereocenters. The van der Waals surface area contributed by atoms with Gasteiger partial charge >= 0.3 is 0 Å². The second-order valence-corrected chi connectivity index (χ2v) is 7.81. The van der Waals surface area contributed by atoms with Crippen LogP contribution in [0.1, 0.15) is 41.1 Å². The molecule has 2 aromatic carbocycles. The number of amides is 2. The topological polar surface area (TPSA) is 58.6 Å². The average molecular weight is 399 g/mol. The van der Waals surface area contributed by atoms with Crippen LogP contribution in [0.5, 0.6) is 5.75 Å². The van der Waals surface area contributed by atoms with Crippen LogP contribution < -0.4 is 10.1 Å². The van der Waals surface area contributed by atoms with Crippen molar-refractivity contribution in [3.05, 3.63) is 65.7 Å². The van der Waals surface area contributed by atoms with Crippen LogP contribution >= 0.6 is 11.8 Å². The number of carbonyl (C=O) groups is 2. The summed E-state index contributed by atoms with van der Waals surface area (Å²) in [7, 11) is 1.59.